The van der Waals surface area contributed by atoms with Crippen molar-refractivity contribution in [3.05, 3.63) is 78.4 Å². The highest BCUT2D eigenvalue weighted by molar-refractivity contribution is 5.68. The van der Waals surface area contributed by atoms with E-state index in [0.717, 1.165) is 40.9 Å². The number of carbonyl (C=O) groups is 2. The van der Waals surface area contributed by atoms with Crippen LogP contribution < -0.4 is 10.1 Å². The molecular formula is C30H39N2O5+. The second kappa shape index (κ2) is 11.0. The molecule has 4 atom stereocenters. The van der Waals surface area contributed by atoms with Gasteiger partial charge in [0.25, 0.3) is 0 Å². The topological polar surface area (TPSA) is 73.9 Å². The molecule has 2 aromatic rings. The van der Waals surface area contributed by atoms with Gasteiger partial charge < -0.3 is 24.0 Å². The molecule has 1 unspecified atom stereocenters. The monoisotopic (exact) mass is 507 g/mol. The number of nitrogens with one attached hydrogen (secondary N) is 1. The summed E-state index contributed by atoms with van der Waals surface area (Å²) in [4.78, 5) is 25.3. The Bertz CT molecular complexity index is 1120. The maximum Gasteiger partial charge on any atom is 0.407 e. The number of esters is 1. The summed E-state index contributed by atoms with van der Waals surface area (Å²) in [5.74, 6) is 0.475. The summed E-state index contributed by atoms with van der Waals surface area (Å²) < 4.78 is 18.2. The van der Waals surface area contributed by atoms with Gasteiger partial charge in [0.15, 0.2) is 5.60 Å². The van der Waals surface area contributed by atoms with Gasteiger partial charge in [-0.05, 0) is 48.6 Å². The number of methoxy groups -OCH3 is 1. The van der Waals surface area contributed by atoms with E-state index in [1.807, 2.05) is 48.5 Å². The van der Waals surface area contributed by atoms with Gasteiger partial charge in [0.2, 0.25) is 0 Å². The maximum absolute atomic E-state index is 12.8. The van der Waals surface area contributed by atoms with E-state index in [9.17, 15) is 9.59 Å². The maximum atomic E-state index is 12.8. The van der Waals surface area contributed by atoms with E-state index in [0.29, 0.717) is 25.8 Å². The Kier molecular flexibility index (Phi) is 7.93. The Labute approximate surface area is 220 Å². The van der Waals surface area contributed by atoms with Gasteiger partial charge in [0.05, 0.1) is 27.2 Å². The van der Waals surface area contributed by atoms with Crippen LogP contribution in [-0.2, 0) is 26.3 Å². The third-order valence-electron chi connectivity index (χ3n) is 8.15. The molecule has 2 aromatic carbocycles. The van der Waals surface area contributed by atoms with Crippen LogP contribution >= 0.6 is 0 Å². The molecule has 0 bridgehead atoms. The fourth-order valence-corrected chi connectivity index (χ4v) is 6.50. The van der Waals surface area contributed by atoms with Crippen molar-refractivity contribution >= 4 is 12.1 Å². The molecule has 0 radical (unpaired) electrons. The van der Waals surface area contributed by atoms with Crippen LogP contribution in [0.2, 0.25) is 0 Å². The molecule has 0 aromatic heterocycles. The van der Waals surface area contributed by atoms with Gasteiger partial charge in [-0.2, -0.15) is 0 Å². The third-order valence-corrected chi connectivity index (χ3v) is 8.15. The minimum absolute atomic E-state index is 0.116. The van der Waals surface area contributed by atoms with Crippen molar-refractivity contribution < 1.29 is 28.3 Å². The van der Waals surface area contributed by atoms with Crippen molar-refractivity contribution in [3.8, 4) is 5.75 Å². The zero-order valence-electron chi connectivity index (χ0n) is 22.2. The lowest BCUT2D eigenvalue weighted by Crippen LogP contribution is -2.72. The lowest BCUT2D eigenvalue weighted by Gasteiger charge is -2.60. The quantitative estimate of drug-likeness (QED) is 0.317. The number of ether oxygens (including phenoxy) is 3. The molecule has 2 fully saturated rings. The van der Waals surface area contributed by atoms with Gasteiger partial charge in [-0.3, -0.25) is 4.79 Å². The number of benzene rings is 2. The van der Waals surface area contributed by atoms with E-state index >= 15 is 0 Å². The molecule has 1 heterocycles. The van der Waals surface area contributed by atoms with Crippen molar-refractivity contribution in [1.29, 1.82) is 0 Å². The number of likely N-dealkylation sites (tertiary alicyclic amines) is 1. The first kappa shape index (κ1) is 26.7. The van der Waals surface area contributed by atoms with E-state index in [1.165, 1.54) is 6.92 Å². The molecule has 1 saturated carbocycles. The first-order valence-corrected chi connectivity index (χ1v) is 13.0. The molecule has 1 aliphatic heterocycles. The first-order valence-electron chi connectivity index (χ1n) is 13.0. The summed E-state index contributed by atoms with van der Waals surface area (Å²) >= 11 is 0. The summed E-state index contributed by atoms with van der Waals surface area (Å²) in [6.45, 7) is 8.05. The SMILES string of the molecule is C=CC[N@@+]1(C)CC[C@@]2(c3cccc(OC)c3)C[C@H](NC(=O)OCc3ccccc3)CCC2(OC(C)=O)C1. The Morgan fingerprint density at radius 2 is 1.95 bits per heavy atom. The van der Waals surface area contributed by atoms with Gasteiger partial charge in [-0.25, -0.2) is 4.79 Å². The van der Waals surface area contributed by atoms with Crippen molar-refractivity contribution in [2.24, 2.45) is 0 Å². The van der Waals surface area contributed by atoms with Crippen LogP contribution in [0.5, 0.6) is 5.75 Å². The highest BCUT2D eigenvalue weighted by Gasteiger charge is 2.64. The lowest BCUT2D eigenvalue weighted by molar-refractivity contribution is -0.917. The molecule has 7 nitrogen and oxygen atoms in total. The lowest BCUT2D eigenvalue weighted by atomic mass is 9.54. The summed E-state index contributed by atoms with van der Waals surface area (Å²) in [6, 6.07) is 17.6. The molecule has 0 spiro atoms. The molecular weight excluding hydrogens is 468 g/mol. The number of rotatable bonds is 8. The summed E-state index contributed by atoms with van der Waals surface area (Å²) in [6.07, 6.45) is 4.27. The van der Waals surface area contributed by atoms with Crippen LogP contribution in [-0.4, -0.2) is 62.0 Å². The van der Waals surface area contributed by atoms with Gasteiger partial charge in [0, 0.05) is 24.8 Å². The first-order chi connectivity index (χ1) is 17.7. The zero-order valence-corrected chi connectivity index (χ0v) is 22.2. The molecule has 198 valence electrons. The Hall–Kier alpha value is -3.32. The number of hydrogen-bond acceptors (Lipinski definition) is 5. The van der Waals surface area contributed by atoms with Gasteiger partial charge in [-0.1, -0.05) is 49.0 Å². The third kappa shape index (κ3) is 5.67. The van der Waals surface area contributed by atoms with Crippen molar-refractivity contribution in [2.45, 2.75) is 56.3 Å². The van der Waals surface area contributed by atoms with Crippen molar-refractivity contribution in [1.82, 2.24) is 5.32 Å². The number of piperidine rings is 1. The summed E-state index contributed by atoms with van der Waals surface area (Å²) in [7, 11) is 3.86. The number of hydrogen-bond donors (Lipinski definition) is 1. The molecule has 1 saturated heterocycles. The molecule has 1 N–H and O–H groups in total. The predicted molar refractivity (Wildman–Crippen MR) is 142 cm³/mol. The minimum Gasteiger partial charge on any atom is -0.497 e. The van der Waals surface area contributed by atoms with Crippen LogP contribution in [0, 0.1) is 0 Å². The second-order valence-electron chi connectivity index (χ2n) is 10.8. The minimum atomic E-state index is -0.715. The highest BCUT2D eigenvalue weighted by atomic mass is 16.6. The van der Waals surface area contributed by atoms with Crippen LogP contribution in [0.1, 0.15) is 43.7 Å². The molecule has 1 amide bonds. The van der Waals surface area contributed by atoms with Crippen LogP contribution in [0.15, 0.2) is 67.3 Å². The van der Waals surface area contributed by atoms with Crippen molar-refractivity contribution in [2.75, 3.05) is 33.8 Å². The largest absolute Gasteiger partial charge is 0.497 e. The van der Waals surface area contributed by atoms with E-state index < -0.39 is 17.1 Å². The number of amides is 1. The van der Waals surface area contributed by atoms with Gasteiger partial charge in [0.1, 0.15) is 18.9 Å². The smallest absolute Gasteiger partial charge is 0.407 e. The van der Waals surface area contributed by atoms with Crippen LogP contribution in [0.4, 0.5) is 4.79 Å². The van der Waals surface area contributed by atoms with Crippen LogP contribution in [0.25, 0.3) is 0 Å². The number of carbonyl (C=O) groups excluding carboxylic acids is 2. The number of nitrogens with zero attached hydrogens (tertiary/aromatic N) is 1. The Morgan fingerprint density at radius 1 is 1.16 bits per heavy atom. The standard InChI is InChI=1S/C30H38N2O5/c1-5-17-32(3)18-16-29(25-12-9-13-27(19-25)35-4)20-26(14-15-30(29,22-32)37-23(2)33)31-28(34)36-21-24-10-7-6-8-11-24/h5-13,19,26H,1,14-18,20-22H2,2-4H3/p+1/t26-,29+,30?,32+/m1/s1. The number of fused-ring (bicyclic) bond motifs is 1. The van der Waals surface area contributed by atoms with Crippen molar-refractivity contribution in [3.63, 3.8) is 0 Å². The molecule has 7 heteroatoms. The Morgan fingerprint density at radius 3 is 2.65 bits per heavy atom. The molecule has 2 aliphatic rings. The zero-order chi connectivity index (χ0) is 26.5. The summed E-state index contributed by atoms with van der Waals surface area (Å²) in [5, 5.41) is 3.11. The molecule has 1 aliphatic carbocycles. The Balaban J connectivity index is 1.65. The number of alkyl carbamates (subject to hydrolysis) is 1. The predicted octanol–water partition coefficient (Wildman–Crippen LogP) is 4.75. The fraction of sp³-hybridized carbons (Fsp3) is 0.467. The van der Waals surface area contributed by atoms with E-state index in [1.54, 1.807) is 7.11 Å². The normalized spacial score (nSPS) is 28.9. The van der Waals surface area contributed by atoms with E-state index in [-0.39, 0.29) is 18.6 Å². The van der Waals surface area contributed by atoms with E-state index in [2.05, 4.69) is 31.1 Å². The number of quaternary nitrogens is 1. The average molecular weight is 508 g/mol. The van der Waals surface area contributed by atoms with Gasteiger partial charge >= 0.3 is 12.1 Å². The number of likely N-dealkylation sites (N-methyl/N-ethyl adjacent to an activating group) is 1. The highest BCUT2D eigenvalue weighted by Crippen LogP contribution is 2.55. The second-order valence-corrected chi connectivity index (χ2v) is 10.8. The van der Waals surface area contributed by atoms with Gasteiger partial charge in [-0.15, -0.1) is 0 Å². The van der Waals surface area contributed by atoms with Crippen LogP contribution in [0.3, 0.4) is 0 Å². The molecule has 4 rings (SSSR count). The summed E-state index contributed by atoms with van der Waals surface area (Å²) in [5.41, 5.74) is 0.812. The molecule has 37 heavy (non-hydrogen) atoms. The fourth-order valence-electron chi connectivity index (χ4n) is 6.50. The van der Waals surface area contributed by atoms with E-state index in [4.69, 9.17) is 14.2 Å². The average Bonchev–Trinajstić information content (AvgIpc) is 2.88.